The summed E-state index contributed by atoms with van der Waals surface area (Å²) in [5.74, 6) is -0.0304. The predicted molar refractivity (Wildman–Crippen MR) is 94.9 cm³/mol. The van der Waals surface area contributed by atoms with E-state index in [2.05, 4.69) is 0 Å². The van der Waals surface area contributed by atoms with Crippen LogP contribution in [0.4, 0.5) is 0 Å². The number of hydrogen-bond donors (Lipinski definition) is 1. The van der Waals surface area contributed by atoms with Crippen molar-refractivity contribution in [3.05, 3.63) is 46.4 Å². The molecule has 2 aromatic rings. The Labute approximate surface area is 150 Å². The second kappa shape index (κ2) is 7.32. The monoisotopic (exact) mass is 368 g/mol. The lowest BCUT2D eigenvalue weighted by molar-refractivity contribution is -0.158. The number of rotatable bonds is 5. The zero-order chi connectivity index (χ0) is 17.9. The van der Waals surface area contributed by atoms with E-state index in [0.29, 0.717) is 12.4 Å². The van der Waals surface area contributed by atoms with Gasteiger partial charge in [0.2, 0.25) is 0 Å². The van der Waals surface area contributed by atoms with E-state index < -0.39 is 11.6 Å². The molecule has 2 rings (SSSR count). The zero-order valence-corrected chi connectivity index (χ0v) is 15.1. The molecule has 0 spiro atoms. The molecule has 0 aliphatic rings. The van der Waals surface area contributed by atoms with Crippen molar-refractivity contribution in [1.82, 2.24) is 0 Å². The Balaban J connectivity index is 2.21. The smallest absolute Gasteiger partial charge is 0.349 e. The number of carbonyl (C=O) groups is 1. The minimum Gasteiger partial charge on any atom is -0.505 e. The standard InChI is InChI=1S/C18H18Cl2O4/c1-4-23-17(22)18(2,3)24-13-7-5-11(6-8-13)12-9-14(19)16(21)15(20)10-12/h5-10,21H,4H2,1-3H3. The molecule has 0 aromatic heterocycles. The third-order valence-corrected chi connectivity index (χ3v) is 3.92. The highest BCUT2D eigenvalue weighted by molar-refractivity contribution is 6.37. The van der Waals surface area contributed by atoms with E-state index in [1.54, 1.807) is 45.0 Å². The summed E-state index contributed by atoms with van der Waals surface area (Å²) in [5, 5.41) is 9.98. The van der Waals surface area contributed by atoms with Crippen molar-refractivity contribution in [2.75, 3.05) is 6.61 Å². The molecule has 0 heterocycles. The largest absolute Gasteiger partial charge is 0.505 e. The molecule has 0 saturated heterocycles. The van der Waals surface area contributed by atoms with Gasteiger partial charge in [-0.25, -0.2) is 4.79 Å². The summed E-state index contributed by atoms with van der Waals surface area (Å²) >= 11 is 11.9. The van der Waals surface area contributed by atoms with Crippen LogP contribution in [0.15, 0.2) is 36.4 Å². The Morgan fingerprint density at radius 1 is 1.08 bits per heavy atom. The van der Waals surface area contributed by atoms with Gasteiger partial charge in [-0.05, 0) is 56.2 Å². The number of phenols is 1. The van der Waals surface area contributed by atoms with Crippen molar-refractivity contribution < 1.29 is 19.4 Å². The summed E-state index contributed by atoms with van der Waals surface area (Å²) in [5.41, 5.74) is 0.530. The van der Waals surface area contributed by atoms with Gasteiger partial charge < -0.3 is 14.6 Å². The average Bonchev–Trinajstić information content (AvgIpc) is 2.52. The highest BCUT2D eigenvalue weighted by atomic mass is 35.5. The molecule has 1 N–H and O–H groups in total. The number of benzene rings is 2. The molecular formula is C18H18Cl2O4. The SMILES string of the molecule is CCOC(=O)C(C)(C)Oc1ccc(-c2cc(Cl)c(O)c(Cl)c2)cc1. The first-order valence-corrected chi connectivity index (χ1v) is 8.15. The Morgan fingerprint density at radius 2 is 1.62 bits per heavy atom. The molecule has 0 saturated carbocycles. The number of aromatic hydroxyl groups is 1. The molecule has 0 fully saturated rings. The van der Waals surface area contributed by atoms with Gasteiger partial charge in [-0.15, -0.1) is 0 Å². The molecule has 24 heavy (non-hydrogen) atoms. The fraction of sp³-hybridized carbons (Fsp3) is 0.278. The first kappa shape index (κ1) is 18.4. The molecular weight excluding hydrogens is 351 g/mol. The van der Waals surface area contributed by atoms with Crippen molar-refractivity contribution in [2.24, 2.45) is 0 Å². The lowest BCUT2D eigenvalue weighted by atomic mass is 10.1. The first-order valence-electron chi connectivity index (χ1n) is 7.39. The van der Waals surface area contributed by atoms with Crippen molar-refractivity contribution in [3.63, 3.8) is 0 Å². The molecule has 0 unspecified atom stereocenters. The predicted octanol–water partition coefficient (Wildman–Crippen LogP) is 5.09. The number of halogens is 2. The third kappa shape index (κ3) is 4.13. The molecule has 6 heteroatoms. The lowest BCUT2D eigenvalue weighted by Gasteiger charge is -2.24. The number of ether oxygens (including phenoxy) is 2. The van der Waals surface area contributed by atoms with Crippen molar-refractivity contribution in [1.29, 1.82) is 0 Å². The molecule has 2 aromatic carbocycles. The number of carbonyl (C=O) groups excluding carboxylic acids is 1. The molecule has 0 aliphatic heterocycles. The van der Waals surface area contributed by atoms with Gasteiger partial charge in [0, 0.05) is 0 Å². The van der Waals surface area contributed by atoms with Crippen LogP contribution in [0, 0.1) is 0 Å². The Morgan fingerprint density at radius 3 is 2.12 bits per heavy atom. The van der Waals surface area contributed by atoms with Gasteiger partial charge >= 0.3 is 5.97 Å². The summed E-state index contributed by atoms with van der Waals surface area (Å²) < 4.78 is 10.7. The lowest BCUT2D eigenvalue weighted by Crippen LogP contribution is -2.39. The van der Waals surface area contributed by atoms with E-state index in [0.717, 1.165) is 11.1 Å². The van der Waals surface area contributed by atoms with Gasteiger partial charge in [-0.3, -0.25) is 0 Å². The van der Waals surface area contributed by atoms with Crippen LogP contribution in [0.25, 0.3) is 11.1 Å². The first-order chi connectivity index (χ1) is 11.2. The van der Waals surface area contributed by atoms with Crippen LogP contribution in [0.2, 0.25) is 10.0 Å². The van der Waals surface area contributed by atoms with E-state index in [1.165, 1.54) is 0 Å². The summed E-state index contributed by atoms with van der Waals surface area (Å²) in [6.07, 6.45) is 0. The summed E-state index contributed by atoms with van der Waals surface area (Å²) in [6, 6.07) is 10.4. The van der Waals surface area contributed by atoms with Crippen LogP contribution >= 0.6 is 23.2 Å². The second-order valence-corrected chi connectivity index (χ2v) is 6.46. The van der Waals surface area contributed by atoms with Crippen LogP contribution in [-0.4, -0.2) is 23.3 Å². The van der Waals surface area contributed by atoms with E-state index >= 15 is 0 Å². The summed E-state index contributed by atoms with van der Waals surface area (Å²) in [4.78, 5) is 11.9. The maximum absolute atomic E-state index is 11.9. The Bertz CT molecular complexity index is 716. The minimum atomic E-state index is -1.08. The van der Waals surface area contributed by atoms with Gasteiger partial charge in [0.05, 0.1) is 16.7 Å². The average molecular weight is 369 g/mol. The Kier molecular flexibility index (Phi) is 5.62. The number of hydrogen-bond acceptors (Lipinski definition) is 4. The van der Waals surface area contributed by atoms with E-state index in [4.69, 9.17) is 32.7 Å². The van der Waals surface area contributed by atoms with Gasteiger partial charge in [0.15, 0.2) is 11.4 Å². The molecule has 0 radical (unpaired) electrons. The Hall–Kier alpha value is -1.91. The summed E-state index contributed by atoms with van der Waals surface area (Å²) in [7, 11) is 0. The summed E-state index contributed by atoms with van der Waals surface area (Å²) in [6.45, 7) is 5.35. The number of phenolic OH excluding ortho intramolecular Hbond substituents is 1. The molecule has 0 bridgehead atoms. The minimum absolute atomic E-state index is 0.141. The highest BCUT2D eigenvalue weighted by Crippen LogP contribution is 2.36. The fourth-order valence-corrected chi connectivity index (χ4v) is 2.58. The third-order valence-electron chi connectivity index (χ3n) is 3.34. The molecule has 128 valence electrons. The maximum Gasteiger partial charge on any atom is 0.349 e. The van der Waals surface area contributed by atoms with Crippen molar-refractivity contribution in [3.8, 4) is 22.6 Å². The van der Waals surface area contributed by atoms with Crippen molar-refractivity contribution >= 4 is 29.2 Å². The second-order valence-electron chi connectivity index (χ2n) is 5.65. The molecule has 0 amide bonds. The molecule has 4 nitrogen and oxygen atoms in total. The van der Waals surface area contributed by atoms with Crippen molar-refractivity contribution in [2.45, 2.75) is 26.4 Å². The van der Waals surface area contributed by atoms with Gasteiger partial charge in [0.1, 0.15) is 5.75 Å². The quantitative estimate of drug-likeness (QED) is 0.747. The highest BCUT2D eigenvalue weighted by Gasteiger charge is 2.31. The number of esters is 1. The van der Waals surface area contributed by atoms with Gasteiger partial charge in [-0.2, -0.15) is 0 Å². The topological polar surface area (TPSA) is 55.8 Å². The van der Waals surface area contributed by atoms with E-state index in [1.807, 2.05) is 12.1 Å². The van der Waals surface area contributed by atoms with Crippen LogP contribution in [0.1, 0.15) is 20.8 Å². The fourth-order valence-electron chi connectivity index (χ4n) is 2.09. The van der Waals surface area contributed by atoms with Crippen LogP contribution in [0.3, 0.4) is 0 Å². The van der Waals surface area contributed by atoms with E-state index in [9.17, 15) is 9.90 Å². The van der Waals surface area contributed by atoms with Crippen LogP contribution < -0.4 is 4.74 Å². The van der Waals surface area contributed by atoms with Crippen LogP contribution in [0.5, 0.6) is 11.5 Å². The van der Waals surface area contributed by atoms with Gasteiger partial charge in [0.25, 0.3) is 0 Å². The van der Waals surface area contributed by atoms with E-state index in [-0.39, 0.29) is 15.8 Å². The normalized spacial score (nSPS) is 11.2. The van der Waals surface area contributed by atoms with Gasteiger partial charge in [-0.1, -0.05) is 35.3 Å². The molecule has 0 aliphatic carbocycles. The van der Waals surface area contributed by atoms with Crippen LogP contribution in [-0.2, 0) is 9.53 Å². The molecule has 0 atom stereocenters. The maximum atomic E-state index is 11.9. The zero-order valence-electron chi connectivity index (χ0n) is 13.6.